The first-order valence-corrected chi connectivity index (χ1v) is 4.38. The zero-order chi connectivity index (χ0) is 10.5. The second-order valence-electron chi connectivity index (χ2n) is 3.86. The molecule has 0 saturated carbocycles. The predicted molar refractivity (Wildman–Crippen MR) is 56.3 cm³/mol. The minimum Gasteiger partial charge on any atom is -0.481 e. The van der Waals surface area contributed by atoms with Gasteiger partial charge in [-0.1, -0.05) is 6.42 Å². The minimum absolute atomic E-state index is 0. The Morgan fingerprint density at radius 1 is 1.29 bits per heavy atom. The highest BCUT2D eigenvalue weighted by molar-refractivity contribution is 5.85. The molecule has 0 heterocycles. The van der Waals surface area contributed by atoms with E-state index in [9.17, 15) is 9.59 Å². The van der Waals surface area contributed by atoms with Gasteiger partial charge in [-0.2, -0.15) is 0 Å². The van der Waals surface area contributed by atoms with Gasteiger partial charge in [-0.3, -0.25) is 9.59 Å². The molecule has 0 unspecified atom stereocenters. The quantitative estimate of drug-likeness (QED) is 0.671. The summed E-state index contributed by atoms with van der Waals surface area (Å²) in [6.45, 7) is 3.36. The molecule has 0 radical (unpaired) electrons. The first kappa shape index (κ1) is 15.7. The summed E-state index contributed by atoms with van der Waals surface area (Å²) in [5, 5.41) is 8.76. The fourth-order valence-corrected chi connectivity index (χ4v) is 0.973. The highest BCUT2D eigenvalue weighted by atomic mass is 35.5. The summed E-state index contributed by atoms with van der Waals surface area (Å²) in [5.41, 5.74) is 4.25. The van der Waals surface area contributed by atoms with E-state index in [1.807, 2.05) is 0 Å². The van der Waals surface area contributed by atoms with Gasteiger partial charge in [-0.15, -0.1) is 12.4 Å². The number of carboxylic acids is 1. The van der Waals surface area contributed by atoms with Crippen LogP contribution in [0.3, 0.4) is 0 Å². The molecular formula is C9H18ClNO3. The number of aliphatic carboxylic acids is 1. The van der Waals surface area contributed by atoms with Crippen molar-refractivity contribution in [1.29, 1.82) is 0 Å². The van der Waals surface area contributed by atoms with E-state index < -0.39 is 11.4 Å². The highest BCUT2D eigenvalue weighted by Gasteiger charge is 2.25. The topological polar surface area (TPSA) is 80.4 Å². The van der Waals surface area contributed by atoms with Gasteiger partial charge in [-0.05, 0) is 26.7 Å². The third kappa shape index (κ3) is 6.71. The van der Waals surface area contributed by atoms with Crippen LogP contribution in [-0.2, 0) is 9.59 Å². The van der Waals surface area contributed by atoms with Gasteiger partial charge in [0.1, 0.15) is 0 Å². The first-order chi connectivity index (χ1) is 5.86. The summed E-state index contributed by atoms with van der Waals surface area (Å²) >= 11 is 0. The molecule has 0 fully saturated rings. The number of carbonyl (C=O) groups is 2. The third-order valence-electron chi connectivity index (χ3n) is 2.05. The van der Waals surface area contributed by atoms with Crippen LogP contribution in [0.2, 0.25) is 0 Å². The molecule has 0 rings (SSSR count). The Morgan fingerprint density at radius 3 is 2.14 bits per heavy atom. The van der Waals surface area contributed by atoms with Crippen LogP contribution in [-0.4, -0.2) is 17.0 Å². The van der Waals surface area contributed by atoms with E-state index in [0.717, 1.165) is 6.42 Å². The lowest BCUT2D eigenvalue weighted by Gasteiger charge is -2.18. The molecule has 0 bridgehead atoms. The van der Waals surface area contributed by atoms with Crippen LogP contribution in [0.5, 0.6) is 0 Å². The van der Waals surface area contributed by atoms with Gasteiger partial charge < -0.3 is 10.8 Å². The Bertz CT molecular complexity index is 204. The number of hydrogen-bond donors (Lipinski definition) is 2. The van der Waals surface area contributed by atoms with E-state index >= 15 is 0 Å². The van der Waals surface area contributed by atoms with Crippen LogP contribution < -0.4 is 5.73 Å². The lowest BCUT2D eigenvalue weighted by Crippen LogP contribution is -2.23. The summed E-state index contributed by atoms with van der Waals surface area (Å²) < 4.78 is 0. The average Bonchev–Trinajstić information content (AvgIpc) is 1.97. The standard InChI is InChI=1S/C9H17NO3.ClH/c1-9(2,8(12)13)6-4-3-5-7(10)11;/h3-6H2,1-2H3,(H2,10,11)(H,12,13);1H. The molecule has 0 aromatic carbocycles. The maximum absolute atomic E-state index is 10.7. The molecule has 0 atom stereocenters. The van der Waals surface area contributed by atoms with Gasteiger partial charge in [0.05, 0.1) is 5.41 Å². The number of rotatable bonds is 6. The summed E-state index contributed by atoms with van der Waals surface area (Å²) in [6.07, 6.45) is 2.32. The fourth-order valence-electron chi connectivity index (χ4n) is 0.973. The molecule has 5 heteroatoms. The minimum atomic E-state index is -0.799. The van der Waals surface area contributed by atoms with Crippen molar-refractivity contribution in [2.75, 3.05) is 0 Å². The predicted octanol–water partition coefficient (Wildman–Crippen LogP) is 1.56. The molecule has 0 aromatic rings. The number of primary amides is 1. The zero-order valence-electron chi connectivity index (χ0n) is 8.58. The van der Waals surface area contributed by atoms with E-state index in [1.165, 1.54) is 0 Å². The monoisotopic (exact) mass is 223 g/mol. The van der Waals surface area contributed by atoms with Crippen molar-refractivity contribution < 1.29 is 14.7 Å². The Morgan fingerprint density at radius 2 is 1.79 bits per heavy atom. The summed E-state index contributed by atoms with van der Waals surface area (Å²) in [6, 6.07) is 0. The normalized spacial score (nSPS) is 10.4. The number of nitrogens with two attached hydrogens (primary N) is 1. The highest BCUT2D eigenvalue weighted by Crippen LogP contribution is 2.23. The molecule has 0 saturated heterocycles. The van der Waals surface area contributed by atoms with Crippen LogP contribution >= 0.6 is 12.4 Å². The number of carboxylic acid groups (broad SMARTS) is 1. The van der Waals surface area contributed by atoms with Gasteiger partial charge in [0.15, 0.2) is 0 Å². The molecule has 0 aromatic heterocycles. The number of halogens is 1. The van der Waals surface area contributed by atoms with E-state index in [-0.39, 0.29) is 18.3 Å². The average molecular weight is 224 g/mol. The van der Waals surface area contributed by atoms with Gasteiger partial charge >= 0.3 is 5.97 Å². The maximum atomic E-state index is 10.7. The third-order valence-corrected chi connectivity index (χ3v) is 2.05. The first-order valence-electron chi connectivity index (χ1n) is 4.38. The molecule has 0 aliphatic carbocycles. The Hall–Kier alpha value is -0.770. The van der Waals surface area contributed by atoms with Crippen LogP contribution in [0.25, 0.3) is 0 Å². The Kier molecular flexibility index (Phi) is 7.45. The number of amides is 1. The SMILES string of the molecule is CC(C)(CCCCC(N)=O)C(=O)O.Cl. The van der Waals surface area contributed by atoms with Gasteiger partial charge in [0, 0.05) is 6.42 Å². The molecule has 0 spiro atoms. The van der Waals surface area contributed by atoms with E-state index in [0.29, 0.717) is 19.3 Å². The van der Waals surface area contributed by atoms with E-state index in [2.05, 4.69) is 0 Å². The van der Waals surface area contributed by atoms with Crippen LogP contribution in [0.15, 0.2) is 0 Å². The largest absolute Gasteiger partial charge is 0.481 e. The molecule has 84 valence electrons. The van der Waals surface area contributed by atoms with Gasteiger partial charge in [-0.25, -0.2) is 0 Å². The van der Waals surface area contributed by atoms with Crippen molar-refractivity contribution in [2.24, 2.45) is 11.1 Å². The van der Waals surface area contributed by atoms with Crippen molar-refractivity contribution in [3.63, 3.8) is 0 Å². The van der Waals surface area contributed by atoms with Crippen molar-refractivity contribution in [2.45, 2.75) is 39.5 Å². The van der Waals surface area contributed by atoms with Crippen LogP contribution in [0, 0.1) is 5.41 Å². The van der Waals surface area contributed by atoms with Gasteiger partial charge in [0.25, 0.3) is 0 Å². The number of unbranched alkanes of at least 4 members (excludes halogenated alkanes) is 1. The van der Waals surface area contributed by atoms with Crippen molar-refractivity contribution in [1.82, 2.24) is 0 Å². The number of carbonyl (C=O) groups excluding carboxylic acids is 1. The summed E-state index contributed by atoms with van der Waals surface area (Å²) in [5.74, 6) is -1.13. The van der Waals surface area contributed by atoms with Crippen molar-refractivity contribution >= 4 is 24.3 Å². The molecule has 0 aliphatic heterocycles. The van der Waals surface area contributed by atoms with Crippen LogP contribution in [0.4, 0.5) is 0 Å². The van der Waals surface area contributed by atoms with E-state index in [4.69, 9.17) is 10.8 Å². The molecule has 14 heavy (non-hydrogen) atoms. The molecule has 3 N–H and O–H groups in total. The summed E-state index contributed by atoms with van der Waals surface area (Å²) in [7, 11) is 0. The second-order valence-corrected chi connectivity index (χ2v) is 3.86. The zero-order valence-corrected chi connectivity index (χ0v) is 9.39. The van der Waals surface area contributed by atoms with Crippen LogP contribution in [0.1, 0.15) is 39.5 Å². The Labute approximate surface area is 90.3 Å². The smallest absolute Gasteiger partial charge is 0.309 e. The van der Waals surface area contributed by atoms with E-state index in [1.54, 1.807) is 13.8 Å². The maximum Gasteiger partial charge on any atom is 0.309 e. The molecular weight excluding hydrogens is 206 g/mol. The lowest BCUT2D eigenvalue weighted by molar-refractivity contribution is -0.147. The lowest BCUT2D eigenvalue weighted by atomic mass is 9.87. The molecule has 0 aliphatic rings. The Balaban J connectivity index is 0. The van der Waals surface area contributed by atoms with Crippen molar-refractivity contribution in [3.8, 4) is 0 Å². The number of hydrogen-bond acceptors (Lipinski definition) is 2. The van der Waals surface area contributed by atoms with Gasteiger partial charge in [0.2, 0.25) is 5.91 Å². The second kappa shape index (κ2) is 6.65. The fraction of sp³-hybridized carbons (Fsp3) is 0.778. The summed E-state index contributed by atoms with van der Waals surface area (Å²) in [4.78, 5) is 21.0. The molecule has 1 amide bonds. The van der Waals surface area contributed by atoms with Crippen molar-refractivity contribution in [3.05, 3.63) is 0 Å². The molecule has 4 nitrogen and oxygen atoms in total.